The lowest BCUT2D eigenvalue weighted by molar-refractivity contribution is -0.127. The normalized spacial score (nSPS) is 13.2. The first-order chi connectivity index (χ1) is 12.9. The second-order valence-corrected chi connectivity index (χ2v) is 7.26. The zero-order chi connectivity index (χ0) is 19.6. The molecule has 0 fully saturated rings. The van der Waals surface area contributed by atoms with E-state index in [4.69, 9.17) is 4.74 Å². The van der Waals surface area contributed by atoms with Gasteiger partial charge in [-0.2, -0.15) is 0 Å². The SMILES string of the molecule is Cc1cc(C)c(C(C)NC(=O)C(C)Oc2cccc3ccccc23)cc1C. The van der Waals surface area contributed by atoms with Gasteiger partial charge in [-0.05, 0) is 68.3 Å². The second-order valence-electron chi connectivity index (χ2n) is 7.26. The number of hydrogen-bond acceptors (Lipinski definition) is 2. The van der Waals surface area contributed by atoms with Crippen LogP contribution >= 0.6 is 0 Å². The third-order valence-corrected chi connectivity index (χ3v) is 5.13. The lowest BCUT2D eigenvalue weighted by Gasteiger charge is -2.21. The summed E-state index contributed by atoms with van der Waals surface area (Å²) in [6.07, 6.45) is -0.579. The van der Waals surface area contributed by atoms with Crippen LogP contribution in [0.4, 0.5) is 0 Å². The van der Waals surface area contributed by atoms with Crippen LogP contribution in [0.15, 0.2) is 54.6 Å². The molecule has 0 aromatic heterocycles. The fourth-order valence-electron chi connectivity index (χ4n) is 3.40. The molecule has 0 radical (unpaired) electrons. The number of benzene rings is 3. The molecule has 140 valence electrons. The molecule has 3 nitrogen and oxygen atoms in total. The fourth-order valence-corrected chi connectivity index (χ4v) is 3.40. The van der Waals surface area contributed by atoms with Crippen LogP contribution in [0.2, 0.25) is 0 Å². The lowest BCUT2D eigenvalue weighted by Crippen LogP contribution is -2.38. The molecular weight excluding hydrogens is 334 g/mol. The Bertz CT molecular complexity index is 972. The number of fused-ring (bicyclic) bond motifs is 1. The van der Waals surface area contributed by atoms with Gasteiger partial charge < -0.3 is 10.1 Å². The van der Waals surface area contributed by atoms with Gasteiger partial charge in [0.25, 0.3) is 5.91 Å². The molecule has 27 heavy (non-hydrogen) atoms. The minimum Gasteiger partial charge on any atom is -0.480 e. The Morgan fingerprint density at radius 2 is 1.56 bits per heavy atom. The molecule has 0 saturated heterocycles. The summed E-state index contributed by atoms with van der Waals surface area (Å²) in [7, 11) is 0. The predicted octanol–water partition coefficient (Wildman–Crippen LogP) is 5.41. The summed E-state index contributed by atoms with van der Waals surface area (Å²) < 4.78 is 5.99. The van der Waals surface area contributed by atoms with E-state index in [1.165, 1.54) is 16.7 Å². The van der Waals surface area contributed by atoms with Crippen LogP contribution < -0.4 is 10.1 Å². The van der Waals surface area contributed by atoms with Crippen LogP contribution in [0.3, 0.4) is 0 Å². The minimum absolute atomic E-state index is 0.0737. The van der Waals surface area contributed by atoms with Gasteiger partial charge in [0.2, 0.25) is 0 Å². The van der Waals surface area contributed by atoms with E-state index in [2.05, 4.69) is 38.2 Å². The van der Waals surface area contributed by atoms with E-state index < -0.39 is 6.10 Å². The van der Waals surface area contributed by atoms with Crippen LogP contribution in [-0.4, -0.2) is 12.0 Å². The number of hydrogen-bond donors (Lipinski definition) is 1. The van der Waals surface area contributed by atoms with E-state index in [1.54, 1.807) is 6.92 Å². The summed E-state index contributed by atoms with van der Waals surface area (Å²) in [6.45, 7) is 10.1. The Morgan fingerprint density at radius 1 is 0.889 bits per heavy atom. The summed E-state index contributed by atoms with van der Waals surface area (Å²) >= 11 is 0. The molecule has 3 aromatic rings. The van der Waals surface area contributed by atoms with E-state index in [9.17, 15) is 4.79 Å². The summed E-state index contributed by atoms with van der Waals surface area (Å²) in [5, 5.41) is 5.20. The van der Waals surface area contributed by atoms with E-state index >= 15 is 0 Å². The van der Waals surface area contributed by atoms with Gasteiger partial charge in [-0.15, -0.1) is 0 Å². The third kappa shape index (κ3) is 4.13. The summed E-state index contributed by atoms with van der Waals surface area (Å²) in [5.74, 6) is 0.610. The maximum absolute atomic E-state index is 12.7. The maximum Gasteiger partial charge on any atom is 0.261 e. The largest absolute Gasteiger partial charge is 0.480 e. The molecule has 0 aliphatic heterocycles. The highest BCUT2D eigenvalue weighted by atomic mass is 16.5. The maximum atomic E-state index is 12.7. The van der Waals surface area contributed by atoms with Crippen molar-refractivity contribution < 1.29 is 9.53 Å². The van der Waals surface area contributed by atoms with Gasteiger partial charge in [0, 0.05) is 5.39 Å². The summed E-state index contributed by atoms with van der Waals surface area (Å²) in [6, 6.07) is 18.2. The van der Waals surface area contributed by atoms with Crippen molar-refractivity contribution in [2.24, 2.45) is 0 Å². The molecule has 0 heterocycles. The Hall–Kier alpha value is -2.81. The zero-order valence-corrected chi connectivity index (χ0v) is 16.7. The number of carbonyl (C=O) groups excluding carboxylic acids is 1. The molecule has 0 saturated carbocycles. The Balaban J connectivity index is 1.73. The highest BCUT2D eigenvalue weighted by Crippen LogP contribution is 2.26. The van der Waals surface area contributed by atoms with Gasteiger partial charge in [-0.3, -0.25) is 4.79 Å². The lowest BCUT2D eigenvalue weighted by atomic mass is 9.96. The number of nitrogens with one attached hydrogen (secondary N) is 1. The van der Waals surface area contributed by atoms with E-state index in [1.807, 2.05) is 49.4 Å². The molecule has 0 bridgehead atoms. The van der Waals surface area contributed by atoms with Crippen molar-refractivity contribution in [3.63, 3.8) is 0 Å². The van der Waals surface area contributed by atoms with Crippen molar-refractivity contribution in [2.45, 2.75) is 46.8 Å². The highest BCUT2D eigenvalue weighted by Gasteiger charge is 2.19. The minimum atomic E-state index is -0.579. The van der Waals surface area contributed by atoms with Gasteiger partial charge in [0.15, 0.2) is 6.10 Å². The van der Waals surface area contributed by atoms with E-state index in [0.717, 1.165) is 22.1 Å². The van der Waals surface area contributed by atoms with Crippen LogP contribution in [0.25, 0.3) is 10.8 Å². The highest BCUT2D eigenvalue weighted by molar-refractivity contribution is 5.89. The Labute approximate surface area is 161 Å². The zero-order valence-electron chi connectivity index (χ0n) is 16.7. The van der Waals surface area contributed by atoms with Crippen molar-refractivity contribution in [3.05, 3.63) is 76.9 Å². The Kier molecular flexibility index (Phi) is 5.50. The molecule has 3 rings (SSSR count). The quantitative estimate of drug-likeness (QED) is 0.660. The summed E-state index contributed by atoms with van der Waals surface area (Å²) in [5.41, 5.74) is 4.83. The van der Waals surface area contributed by atoms with Crippen molar-refractivity contribution in [3.8, 4) is 5.75 Å². The van der Waals surface area contributed by atoms with Gasteiger partial charge in [0.1, 0.15) is 5.75 Å². The van der Waals surface area contributed by atoms with Crippen molar-refractivity contribution in [2.75, 3.05) is 0 Å². The van der Waals surface area contributed by atoms with Crippen molar-refractivity contribution in [1.29, 1.82) is 0 Å². The van der Waals surface area contributed by atoms with Crippen LogP contribution in [-0.2, 0) is 4.79 Å². The van der Waals surface area contributed by atoms with E-state index in [0.29, 0.717) is 0 Å². The van der Waals surface area contributed by atoms with Crippen LogP contribution in [0.1, 0.15) is 42.1 Å². The van der Waals surface area contributed by atoms with E-state index in [-0.39, 0.29) is 11.9 Å². The molecular formula is C24H27NO2. The van der Waals surface area contributed by atoms with Gasteiger partial charge in [0.05, 0.1) is 6.04 Å². The third-order valence-electron chi connectivity index (χ3n) is 5.13. The smallest absolute Gasteiger partial charge is 0.261 e. The fraction of sp³-hybridized carbons (Fsp3) is 0.292. The van der Waals surface area contributed by atoms with Gasteiger partial charge in [-0.1, -0.05) is 48.5 Å². The number of aryl methyl sites for hydroxylation is 3. The predicted molar refractivity (Wildman–Crippen MR) is 111 cm³/mol. The molecule has 0 aliphatic rings. The molecule has 0 spiro atoms. The molecule has 1 N–H and O–H groups in total. The second kappa shape index (κ2) is 7.83. The van der Waals surface area contributed by atoms with Gasteiger partial charge >= 0.3 is 0 Å². The van der Waals surface area contributed by atoms with Crippen LogP contribution in [0, 0.1) is 20.8 Å². The number of ether oxygens (including phenoxy) is 1. The number of carbonyl (C=O) groups is 1. The molecule has 3 aromatic carbocycles. The topological polar surface area (TPSA) is 38.3 Å². The first-order valence-electron chi connectivity index (χ1n) is 9.39. The number of rotatable bonds is 5. The monoisotopic (exact) mass is 361 g/mol. The number of amides is 1. The molecule has 2 unspecified atom stereocenters. The Morgan fingerprint density at radius 3 is 2.33 bits per heavy atom. The first-order valence-corrected chi connectivity index (χ1v) is 9.39. The first kappa shape index (κ1) is 19.0. The average molecular weight is 361 g/mol. The average Bonchev–Trinajstić information content (AvgIpc) is 2.64. The van der Waals surface area contributed by atoms with Gasteiger partial charge in [-0.25, -0.2) is 0 Å². The molecule has 1 amide bonds. The van der Waals surface area contributed by atoms with Crippen molar-refractivity contribution in [1.82, 2.24) is 5.32 Å². The van der Waals surface area contributed by atoms with Crippen molar-refractivity contribution >= 4 is 16.7 Å². The molecule has 2 atom stereocenters. The standard InChI is InChI=1S/C24H27NO2/c1-15-13-17(3)22(14-16(15)2)18(4)25-24(26)19(5)27-23-12-8-10-20-9-6-7-11-21(20)23/h6-14,18-19H,1-5H3,(H,25,26). The summed E-state index contributed by atoms with van der Waals surface area (Å²) in [4.78, 5) is 12.7. The molecule has 0 aliphatic carbocycles. The molecule has 3 heteroatoms. The van der Waals surface area contributed by atoms with Crippen LogP contribution in [0.5, 0.6) is 5.75 Å².